The minimum absolute atomic E-state index is 0.263. The second kappa shape index (κ2) is 10.5. The largest absolute Gasteiger partial charge is 0.350 e. The summed E-state index contributed by atoms with van der Waals surface area (Å²) in [6, 6.07) is 9.83. The van der Waals surface area contributed by atoms with Gasteiger partial charge in [-0.15, -0.1) is 0 Å². The van der Waals surface area contributed by atoms with Crippen molar-refractivity contribution in [2.24, 2.45) is 0 Å². The van der Waals surface area contributed by atoms with Gasteiger partial charge in [0.2, 0.25) is 15.9 Å². The zero-order valence-electron chi connectivity index (χ0n) is 17.7. The Hall–Kier alpha value is -1.76. The minimum atomic E-state index is -3.76. The fourth-order valence-corrected chi connectivity index (χ4v) is 5.15. The van der Waals surface area contributed by atoms with E-state index in [0.717, 1.165) is 34.5 Å². The molecule has 1 atom stereocenters. The van der Waals surface area contributed by atoms with Crippen LogP contribution in [-0.2, 0) is 34.2 Å². The van der Waals surface area contributed by atoms with E-state index in [2.05, 4.69) is 37.4 Å². The van der Waals surface area contributed by atoms with Crippen LogP contribution in [-0.4, -0.2) is 26.6 Å². The average molecular weight is 471 g/mol. The Kier molecular flexibility index (Phi) is 8.59. The van der Waals surface area contributed by atoms with E-state index in [9.17, 15) is 13.2 Å². The molecule has 0 heterocycles. The van der Waals surface area contributed by atoms with Crippen molar-refractivity contribution in [3.8, 4) is 0 Å². The normalized spacial score (nSPS) is 12.5. The highest BCUT2D eigenvalue weighted by Crippen LogP contribution is 2.29. The fraction of sp³-hybridized carbons (Fsp3) is 0.409. The second-order valence-electron chi connectivity index (χ2n) is 7.14. The Bertz CT molecular complexity index is 989. The number of benzene rings is 2. The van der Waals surface area contributed by atoms with Crippen LogP contribution in [0.15, 0.2) is 36.4 Å². The lowest BCUT2D eigenvalue weighted by Gasteiger charge is -2.30. The first-order valence-corrected chi connectivity index (χ1v) is 12.5. The van der Waals surface area contributed by atoms with Crippen LogP contribution < -0.4 is 9.62 Å². The lowest BCUT2D eigenvalue weighted by atomic mass is 10.0. The SMILES string of the molecule is CCc1ccc(CC)c(CNC(=O)[C@@H](CC)N(c2cc(Cl)cc(Cl)c2)S(C)(=O)=O)c1. The smallest absolute Gasteiger partial charge is 0.244 e. The highest BCUT2D eigenvalue weighted by Gasteiger charge is 2.31. The molecule has 2 aromatic rings. The number of amides is 1. The molecule has 0 aliphatic rings. The van der Waals surface area contributed by atoms with E-state index in [1.807, 2.05) is 0 Å². The molecule has 2 aromatic carbocycles. The van der Waals surface area contributed by atoms with E-state index >= 15 is 0 Å². The molecule has 0 aliphatic heterocycles. The van der Waals surface area contributed by atoms with Gasteiger partial charge in [0.15, 0.2) is 0 Å². The Morgan fingerprint density at radius 2 is 1.63 bits per heavy atom. The number of anilines is 1. The van der Waals surface area contributed by atoms with Crippen molar-refractivity contribution in [2.45, 2.75) is 52.6 Å². The van der Waals surface area contributed by atoms with E-state index in [4.69, 9.17) is 23.2 Å². The number of rotatable bonds is 9. The fourth-order valence-electron chi connectivity index (χ4n) is 3.44. The maximum atomic E-state index is 13.0. The molecule has 0 bridgehead atoms. The predicted molar refractivity (Wildman–Crippen MR) is 125 cm³/mol. The molecule has 164 valence electrons. The number of hydrogen-bond acceptors (Lipinski definition) is 3. The Morgan fingerprint density at radius 3 is 2.13 bits per heavy atom. The standard InChI is InChI=1S/C22H28Cl2N2O3S/c1-5-15-8-9-16(6-2)17(10-15)14-25-22(27)21(7-3)26(30(4,28)29)20-12-18(23)11-19(24)13-20/h8-13,21H,5-7,14H2,1-4H3,(H,25,27)/t21-/m1/s1. The van der Waals surface area contributed by atoms with Crippen molar-refractivity contribution in [1.82, 2.24) is 5.32 Å². The first-order chi connectivity index (χ1) is 14.1. The van der Waals surface area contributed by atoms with Gasteiger partial charge in [-0.25, -0.2) is 8.42 Å². The molecule has 30 heavy (non-hydrogen) atoms. The summed E-state index contributed by atoms with van der Waals surface area (Å²) in [7, 11) is -3.76. The van der Waals surface area contributed by atoms with Crippen LogP contribution in [0.3, 0.4) is 0 Å². The highest BCUT2D eigenvalue weighted by molar-refractivity contribution is 7.92. The Morgan fingerprint density at radius 1 is 1.00 bits per heavy atom. The summed E-state index contributed by atoms with van der Waals surface area (Å²) >= 11 is 12.1. The monoisotopic (exact) mass is 470 g/mol. The minimum Gasteiger partial charge on any atom is -0.350 e. The number of aryl methyl sites for hydroxylation is 2. The van der Waals surface area contributed by atoms with Gasteiger partial charge in [-0.2, -0.15) is 0 Å². The molecule has 1 N–H and O–H groups in total. The molecule has 0 aromatic heterocycles. The highest BCUT2D eigenvalue weighted by atomic mass is 35.5. The zero-order valence-corrected chi connectivity index (χ0v) is 20.0. The summed E-state index contributed by atoms with van der Waals surface area (Å²) in [5, 5.41) is 3.51. The summed E-state index contributed by atoms with van der Waals surface area (Å²) in [5.41, 5.74) is 3.65. The number of hydrogen-bond donors (Lipinski definition) is 1. The van der Waals surface area contributed by atoms with Gasteiger partial charge in [0.1, 0.15) is 6.04 Å². The van der Waals surface area contributed by atoms with E-state index < -0.39 is 16.1 Å². The maximum Gasteiger partial charge on any atom is 0.244 e. The number of sulfonamides is 1. The molecule has 5 nitrogen and oxygen atoms in total. The van der Waals surface area contributed by atoms with E-state index in [1.165, 1.54) is 23.8 Å². The molecule has 0 aliphatic carbocycles. The first kappa shape index (κ1) is 24.5. The number of carbonyl (C=O) groups excluding carboxylic acids is 1. The quantitative estimate of drug-likeness (QED) is 0.561. The van der Waals surface area contributed by atoms with Crippen molar-refractivity contribution in [3.63, 3.8) is 0 Å². The summed E-state index contributed by atoms with van der Waals surface area (Å²) < 4.78 is 26.2. The molecular weight excluding hydrogens is 443 g/mol. The molecule has 0 saturated carbocycles. The molecule has 2 rings (SSSR count). The number of nitrogens with one attached hydrogen (secondary N) is 1. The Balaban J connectivity index is 2.33. The number of nitrogens with zero attached hydrogens (tertiary/aromatic N) is 1. The number of halogens is 2. The van der Waals surface area contributed by atoms with Crippen molar-refractivity contribution >= 4 is 44.8 Å². The first-order valence-electron chi connectivity index (χ1n) is 9.94. The van der Waals surface area contributed by atoms with E-state index in [1.54, 1.807) is 6.92 Å². The molecule has 1 amide bonds. The van der Waals surface area contributed by atoms with Crippen LogP contribution in [0.5, 0.6) is 0 Å². The van der Waals surface area contributed by atoms with Crippen LogP contribution in [0.4, 0.5) is 5.69 Å². The van der Waals surface area contributed by atoms with Crippen molar-refractivity contribution in [2.75, 3.05) is 10.6 Å². The van der Waals surface area contributed by atoms with E-state index in [0.29, 0.717) is 23.0 Å². The van der Waals surface area contributed by atoms with Crippen LogP contribution in [0.2, 0.25) is 10.0 Å². The molecule has 0 unspecified atom stereocenters. The maximum absolute atomic E-state index is 13.0. The van der Waals surface area contributed by atoms with Gasteiger partial charge in [0.25, 0.3) is 0 Å². The van der Waals surface area contributed by atoms with Gasteiger partial charge >= 0.3 is 0 Å². The third-order valence-electron chi connectivity index (χ3n) is 4.94. The van der Waals surface area contributed by atoms with Gasteiger partial charge in [0, 0.05) is 16.6 Å². The molecule has 0 radical (unpaired) electrons. The molecule has 0 fully saturated rings. The van der Waals surface area contributed by atoms with Gasteiger partial charge in [-0.05, 0) is 54.2 Å². The average Bonchev–Trinajstić information content (AvgIpc) is 2.67. The topological polar surface area (TPSA) is 66.5 Å². The molecular formula is C22H28Cl2N2O3S. The zero-order chi connectivity index (χ0) is 22.5. The van der Waals surface area contributed by atoms with Crippen molar-refractivity contribution in [3.05, 3.63) is 63.1 Å². The van der Waals surface area contributed by atoms with E-state index in [-0.39, 0.29) is 11.6 Å². The summed E-state index contributed by atoms with van der Waals surface area (Å²) in [6.07, 6.45) is 3.11. The number of carbonyl (C=O) groups is 1. The third-order valence-corrected chi connectivity index (χ3v) is 6.56. The molecule has 8 heteroatoms. The summed E-state index contributed by atoms with van der Waals surface area (Å²) in [5.74, 6) is -0.372. The summed E-state index contributed by atoms with van der Waals surface area (Å²) in [6.45, 7) is 6.25. The van der Waals surface area contributed by atoms with Crippen LogP contribution in [0.25, 0.3) is 0 Å². The third kappa shape index (κ3) is 6.13. The lowest BCUT2D eigenvalue weighted by molar-refractivity contribution is -0.122. The molecule has 0 spiro atoms. The van der Waals surface area contributed by atoms with Crippen molar-refractivity contribution < 1.29 is 13.2 Å². The van der Waals surface area contributed by atoms with Crippen LogP contribution in [0, 0.1) is 0 Å². The molecule has 0 saturated heterocycles. The van der Waals surface area contributed by atoms with Crippen molar-refractivity contribution in [1.29, 1.82) is 0 Å². The second-order valence-corrected chi connectivity index (χ2v) is 9.87. The van der Waals surface area contributed by atoms with Gasteiger partial charge in [0.05, 0.1) is 11.9 Å². The van der Waals surface area contributed by atoms with Gasteiger partial charge in [-0.3, -0.25) is 9.10 Å². The van der Waals surface area contributed by atoms with Gasteiger partial charge < -0.3 is 5.32 Å². The Labute approximate surface area is 189 Å². The van der Waals surface area contributed by atoms with Crippen LogP contribution >= 0.6 is 23.2 Å². The lowest BCUT2D eigenvalue weighted by Crippen LogP contribution is -2.49. The van der Waals surface area contributed by atoms with Gasteiger partial charge in [-0.1, -0.05) is 62.2 Å². The predicted octanol–water partition coefficient (Wildman–Crippen LogP) is 4.98. The van der Waals surface area contributed by atoms with Crippen LogP contribution in [0.1, 0.15) is 43.9 Å². The summed E-state index contributed by atoms with van der Waals surface area (Å²) in [4.78, 5) is 13.0.